The molecule has 0 amide bonds. The lowest BCUT2D eigenvalue weighted by Crippen LogP contribution is -1.88. The first-order valence-corrected chi connectivity index (χ1v) is 4.83. The molecular formula is C10H10N6. The fourth-order valence-corrected chi connectivity index (χ4v) is 1.65. The van der Waals surface area contributed by atoms with Crippen LogP contribution in [-0.4, -0.2) is 24.4 Å². The van der Waals surface area contributed by atoms with Crippen molar-refractivity contribution in [3.05, 3.63) is 30.7 Å². The van der Waals surface area contributed by atoms with E-state index in [4.69, 9.17) is 5.73 Å². The molecule has 3 heterocycles. The van der Waals surface area contributed by atoms with Crippen molar-refractivity contribution in [3.63, 3.8) is 0 Å². The Hall–Kier alpha value is -2.37. The summed E-state index contributed by atoms with van der Waals surface area (Å²) >= 11 is 0. The molecule has 0 fully saturated rings. The van der Waals surface area contributed by atoms with Gasteiger partial charge < -0.3 is 5.73 Å². The molecule has 2 N–H and O–H groups in total. The second-order valence-corrected chi connectivity index (χ2v) is 3.59. The Kier molecular flexibility index (Phi) is 1.70. The van der Waals surface area contributed by atoms with Crippen LogP contribution in [0.1, 0.15) is 0 Å². The zero-order valence-corrected chi connectivity index (χ0v) is 8.70. The summed E-state index contributed by atoms with van der Waals surface area (Å²) in [4.78, 5) is 4.11. The number of aryl methyl sites for hydroxylation is 1. The number of pyridine rings is 1. The monoisotopic (exact) mass is 214 g/mol. The Bertz CT molecular complexity index is 650. The standard InChI is InChI=1S/C10H10N6/c1-15-6-8(5-12-15)7-2-3-16-9(4-7)13-10(11)14-16/h2-6H,1H3,(H2,11,14). The SMILES string of the molecule is Cn1cc(-c2ccn3nc(N)nc3c2)cn1. The molecule has 6 nitrogen and oxygen atoms in total. The van der Waals surface area contributed by atoms with Crippen LogP contribution in [0.5, 0.6) is 0 Å². The Morgan fingerprint density at radius 3 is 2.94 bits per heavy atom. The van der Waals surface area contributed by atoms with E-state index >= 15 is 0 Å². The number of nitrogen functional groups attached to an aromatic ring is 1. The van der Waals surface area contributed by atoms with Crippen LogP contribution in [-0.2, 0) is 7.05 Å². The Labute approximate surface area is 91.3 Å². The van der Waals surface area contributed by atoms with E-state index in [1.165, 1.54) is 0 Å². The van der Waals surface area contributed by atoms with Crippen LogP contribution in [0.3, 0.4) is 0 Å². The molecule has 0 saturated carbocycles. The Morgan fingerprint density at radius 2 is 2.19 bits per heavy atom. The van der Waals surface area contributed by atoms with Gasteiger partial charge in [-0.05, 0) is 17.7 Å². The van der Waals surface area contributed by atoms with Gasteiger partial charge >= 0.3 is 0 Å². The minimum atomic E-state index is 0.281. The summed E-state index contributed by atoms with van der Waals surface area (Å²) in [5.74, 6) is 0.281. The summed E-state index contributed by atoms with van der Waals surface area (Å²) in [5.41, 5.74) is 8.36. The maximum Gasteiger partial charge on any atom is 0.240 e. The van der Waals surface area contributed by atoms with Crippen LogP contribution in [0.2, 0.25) is 0 Å². The number of aromatic nitrogens is 5. The molecule has 6 heteroatoms. The number of nitrogens with two attached hydrogens (primary N) is 1. The third kappa shape index (κ3) is 1.31. The highest BCUT2D eigenvalue weighted by molar-refractivity contribution is 5.66. The fourth-order valence-electron chi connectivity index (χ4n) is 1.65. The first kappa shape index (κ1) is 8.90. The van der Waals surface area contributed by atoms with Crippen LogP contribution in [0.25, 0.3) is 16.8 Å². The van der Waals surface area contributed by atoms with Gasteiger partial charge in [-0.25, -0.2) is 4.52 Å². The third-order valence-corrected chi connectivity index (χ3v) is 2.39. The number of rotatable bonds is 1. The summed E-state index contributed by atoms with van der Waals surface area (Å²) in [6, 6.07) is 3.89. The first-order chi connectivity index (χ1) is 7.72. The highest BCUT2D eigenvalue weighted by atomic mass is 15.3. The molecule has 0 atom stereocenters. The summed E-state index contributed by atoms with van der Waals surface area (Å²) in [6.45, 7) is 0. The van der Waals surface area contributed by atoms with E-state index in [0.717, 1.165) is 16.8 Å². The van der Waals surface area contributed by atoms with E-state index < -0.39 is 0 Å². The Balaban J connectivity index is 2.17. The van der Waals surface area contributed by atoms with E-state index in [-0.39, 0.29) is 5.95 Å². The summed E-state index contributed by atoms with van der Waals surface area (Å²) < 4.78 is 3.41. The summed E-state index contributed by atoms with van der Waals surface area (Å²) in [5, 5.41) is 8.14. The van der Waals surface area contributed by atoms with Gasteiger partial charge in [0.15, 0.2) is 5.65 Å². The predicted molar refractivity (Wildman–Crippen MR) is 59.6 cm³/mol. The van der Waals surface area contributed by atoms with Crippen molar-refractivity contribution < 1.29 is 0 Å². The van der Waals surface area contributed by atoms with Crippen molar-refractivity contribution in [1.82, 2.24) is 24.4 Å². The van der Waals surface area contributed by atoms with Crippen LogP contribution in [0.4, 0.5) is 5.95 Å². The summed E-state index contributed by atoms with van der Waals surface area (Å²) in [7, 11) is 1.89. The van der Waals surface area contributed by atoms with Crippen molar-refractivity contribution in [3.8, 4) is 11.1 Å². The lowest BCUT2D eigenvalue weighted by Gasteiger charge is -1.96. The molecule has 16 heavy (non-hydrogen) atoms. The molecular weight excluding hydrogens is 204 g/mol. The van der Waals surface area contributed by atoms with Crippen LogP contribution >= 0.6 is 0 Å². The molecule has 0 saturated heterocycles. The summed E-state index contributed by atoms with van der Waals surface area (Å²) in [6.07, 6.45) is 5.60. The van der Waals surface area contributed by atoms with Crippen molar-refractivity contribution >= 4 is 11.6 Å². The molecule has 0 aliphatic rings. The maximum absolute atomic E-state index is 5.52. The van der Waals surface area contributed by atoms with Gasteiger partial charge in [0, 0.05) is 25.0 Å². The van der Waals surface area contributed by atoms with Crippen LogP contribution in [0.15, 0.2) is 30.7 Å². The maximum atomic E-state index is 5.52. The van der Waals surface area contributed by atoms with Crippen molar-refractivity contribution in [2.75, 3.05) is 5.73 Å². The third-order valence-electron chi connectivity index (χ3n) is 2.39. The topological polar surface area (TPSA) is 74.0 Å². The van der Waals surface area contributed by atoms with Gasteiger partial charge in [0.1, 0.15) is 0 Å². The van der Waals surface area contributed by atoms with E-state index in [9.17, 15) is 0 Å². The number of hydrogen-bond acceptors (Lipinski definition) is 4. The molecule has 0 radical (unpaired) electrons. The lowest BCUT2D eigenvalue weighted by molar-refractivity contribution is 0.768. The number of fused-ring (bicyclic) bond motifs is 1. The minimum Gasteiger partial charge on any atom is -0.366 e. The smallest absolute Gasteiger partial charge is 0.240 e. The number of hydrogen-bond donors (Lipinski definition) is 1. The molecule has 80 valence electrons. The van der Waals surface area contributed by atoms with Gasteiger partial charge in [0.05, 0.1) is 6.20 Å². The van der Waals surface area contributed by atoms with E-state index in [2.05, 4.69) is 15.2 Å². The second kappa shape index (κ2) is 3.06. The zero-order valence-electron chi connectivity index (χ0n) is 8.70. The van der Waals surface area contributed by atoms with Gasteiger partial charge in [0.25, 0.3) is 0 Å². The van der Waals surface area contributed by atoms with Crippen molar-refractivity contribution in [2.45, 2.75) is 0 Å². The number of nitrogens with zero attached hydrogens (tertiary/aromatic N) is 5. The van der Waals surface area contributed by atoms with Crippen LogP contribution < -0.4 is 5.73 Å². The highest BCUT2D eigenvalue weighted by Crippen LogP contribution is 2.19. The second-order valence-electron chi connectivity index (χ2n) is 3.59. The van der Waals surface area contributed by atoms with Gasteiger partial charge in [0.2, 0.25) is 5.95 Å². The molecule has 3 aromatic heterocycles. The fraction of sp³-hybridized carbons (Fsp3) is 0.100. The van der Waals surface area contributed by atoms with E-state index in [1.807, 2.05) is 37.8 Å². The van der Waals surface area contributed by atoms with Gasteiger partial charge in [-0.15, -0.1) is 5.10 Å². The van der Waals surface area contributed by atoms with Gasteiger partial charge in [-0.2, -0.15) is 10.1 Å². The normalized spacial score (nSPS) is 11.1. The minimum absolute atomic E-state index is 0.281. The first-order valence-electron chi connectivity index (χ1n) is 4.83. The Morgan fingerprint density at radius 1 is 1.31 bits per heavy atom. The predicted octanol–water partition coefficient (Wildman–Crippen LogP) is 0.712. The molecule has 0 spiro atoms. The zero-order chi connectivity index (χ0) is 11.1. The number of anilines is 1. The molecule has 0 aromatic carbocycles. The average molecular weight is 214 g/mol. The molecule has 0 unspecified atom stereocenters. The largest absolute Gasteiger partial charge is 0.366 e. The van der Waals surface area contributed by atoms with Crippen molar-refractivity contribution in [2.24, 2.45) is 7.05 Å². The highest BCUT2D eigenvalue weighted by Gasteiger charge is 2.04. The van der Waals surface area contributed by atoms with Crippen molar-refractivity contribution in [1.29, 1.82) is 0 Å². The van der Waals surface area contributed by atoms with E-state index in [1.54, 1.807) is 9.20 Å². The average Bonchev–Trinajstić information content (AvgIpc) is 2.81. The molecule has 0 aliphatic carbocycles. The molecule has 0 bridgehead atoms. The van der Waals surface area contributed by atoms with Gasteiger partial charge in [-0.3, -0.25) is 4.68 Å². The lowest BCUT2D eigenvalue weighted by atomic mass is 10.1. The quantitative estimate of drug-likeness (QED) is 0.647. The van der Waals surface area contributed by atoms with E-state index in [0.29, 0.717) is 0 Å². The molecule has 3 aromatic rings. The molecule has 3 rings (SSSR count). The molecule has 0 aliphatic heterocycles. The van der Waals surface area contributed by atoms with Crippen LogP contribution in [0, 0.1) is 0 Å². The van der Waals surface area contributed by atoms with Gasteiger partial charge in [-0.1, -0.05) is 0 Å².